The van der Waals surface area contributed by atoms with Crippen molar-refractivity contribution in [1.29, 1.82) is 0 Å². The molecule has 0 amide bonds. The monoisotopic (exact) mass is 520 g/mol. The lowest BCUT2D eigenvalue weighted by molar-refractivity contribution is 0.371. The van der Waals surface area contributed by atoms with Crippen molar-refractivity contribution in [1.82, 2.24) is 4.41 Å². The normalized spacial score (nSPS) is 15.8. The number of rotatable bonds is 6. The van der Waals surface area contributed by atoms with Gasteiger partial charge in [0.05, 0.1) is 29.3 Å². The molecule has 2 heterocycles. The molecule has 0 spiro atoms. The predicted molar refractivity (Wildman–Crippen MR) is 141 cm³/mol. The average Bonchev–Trinajstić information content (AvgIpc) is 3.34. The third-order valence-electron chi connectivity index (χ3n) is 6.20. The number of nitrogens with zero attached hydrogens (tertiary/aromatic N) is 2. The lowest BCUT2D eigenvalue weighted by Crippen LogP contribution is -2.27. The number of methoxy groups -OCH3 is 1. The second-order valence-corrected chi connectivity index (χ2v) is 11.1. The van der Waals surface area contributed by atoms with Crippen LogP contribution in [0, 0.1) is 6.92 Å². The molecule has 0 saturated heterocycles. The highest BCUT2D eigenvalue weighted by Crippen LogP contribution is 2.40. The van der Waals surface area contributed by atoms with Crippen molar-refractivity contribution in [3.63, 3.8) is 0 Å². The maximum absolute atomic E-state index is 13.8. The van der Waals surface area contributed by atoms with Crippen LogP contribution in [-0.2, 0) is 10.0 Å². The third kappa shape index (κ3) is 4.29. The topological polar surface area (TPSA) is 89.2 Å². The first-order valence-electron chi connectivity index (χ1n) is 11.3. The van der Waals surface area contributed by atoms with Gasteiger partial charge in [0, 0.05) is 22.8 Å². The van der Waals surface area contributed by atoms with Crippen molar-refractivity contribution in [2.45, 2.75) is 29.2 Å². The molecule has 5 rings (SSSR count). The first-order chi connectivity index (χ1) is 17.3. The summed E-state index contributed by atoms with van der Waals surface area (Å²) in [6, 6.07) is 20.5. The molecule has 36 heavy (non-hydrogen) atoms. The van der Waals surface area contributed by atoms with Gasteiger partial charge in [-0.15, -0.1) is 11.8 Å². The highest BCUT2D eigenvalue weighted by atomic mass is 32.2. The van der Waals surface area contributed by atoms with Crippen molar-refractivity contribution in [2.24, 2.45) is 5.10 Å². The molecule has 0 radical (unpaired) electrons. The van der Waals surface area contributed by atoms with Crippen LogP contribution in [0.1, 0.15) is 29.2 Å². The summed E-state index contributed by atoms with van der Waals surface area (Å²) < 4.78 is 39.9. The highest BCUT2D eigenvalue weighted by molar-refractivity contribution is 7.98. The molecule has 4 aromatic rings. The Balaban J connectivity index is 1.70. The molecule has 1 atom stereocenters. The number of thioether (sulfide) groups is 1. The van der Waals surface area contributed by atoms with Gasteiger partial charge in [-0.1, -0.05) is 29.8 Å². The van der Waals surface area contributed by atoms with E-state index in [0.717, 1.165) is 16.0 Å². The van der Waals surface area contributed by atoms with E-state index in [1.165, 1.54) is 17.6 Å². The van der Waals surface area contributed by atoms with E-state index in [-0.39, 0.29) is 11.3 Å². The van der Waals surface area contributed by atoms with Gasteiger partial charge >= 0.3 is 5.63 Å². The Morgan fingerprint density at radius 3 is 2.36 bits per heavy atom. The predicted octanol–water partition coefficient (Wildman–Crippen LogP) is 5.37. The maximum Gasteiger partial charge on any atom is 0.336 e. The standard InChI is InChI=1S/C27H24N2O5S2/c1-17-4-12-21(13-5-17)36(31,32)29-23(18-6-10-20(35-3)11-7-18)16-22(28-29)26-24(33-2)14-8-19-9-15-25(30)34-27(19)26/h4-15,23H,16H2,1-3H3. The van der Waals surface area contributed by atoms with E-state index in [2.05, 4.69) is 5.10 Å². The van der Waals surface area contributed by atoms with Gasteiger partial charge in [0.2, 0.25) is 0 Å². The molecule has 0 fully saturated rings. The van der Waals surface area contributed by atoms with Gasteiger partial charge in [-0.05, 0) is 61.2 Å². The molecule has 1 aromatic heterocycles. The zero-order valence-electron chi connectivity index (χ0n) is 20.0. The van der Waals surface area contributed by atoms with Crippen LogP contribution in [0.25, 0.3) is 11.0 Å². The van der Waals surface area contributed by atoms with Crippen molar-refractivity contribution in [2.75, 3.05) is 13.4 Å². The number of sulfonamides is 1. The van der Waals surface area contributed by atoms with Gasteiger partial charge in [-0.2, -0.15) is 17.9 Å². The van der Waals surface area contributed by atoms with Gasteiger partial charge in [0.15, 0.2) is 5.58 Å². The van der Waals surface area contributed by atoms with E-state index in [9.17, 15) is 13.2 Å². The Morgan fingerprint density at radius 2 is 1.69 bits per heavy atom. The smallest absolute Gasteiger partial charge is 0.336 e. The van der Waals surface area contributed by atoms with Crippen LogP contribution in [0.5, 0.6) is 5.75 Å². The quantitative estimate of drug-likeness (QED) is 0.251. The molecule has 0 aliphatic carbocycles. The number of hydrogen-bond acceptors (Lipinski definition) is 7. The molecule has 0 N–H and O–H groups in total. The number of fused-ring (bicyclic) bond motifs is 1. The van der Waals surface area contributed by atoms with E-state index >= 15 is 0 Å². The largest absolute Gasteiger partial charge is 0.496 e. The minimum atomic E-state index is -3.98. The fourth-order valence-corrected chi connectivity index (χ4v) is 6.15. The zero-order valence-corrected chi connectivity index (χ0v) is 21.6. The highest BCUT2D eigenvalue weighted by Gasteiger charge is 2.39. The number of benzene rings is 3. The Hall–Kier alpha value is -3.56. The second-order valence-electron chi connectivity index (χ2n) is 8.45. The molecule has 1 aliphatic heterocycles. The molecular formula is C27H24N2O5S2. The number of hydrogen-bond donors (Lipinski definition) is 0. The number of hydrazone groups is 1. The first-order valence-corrected chi connectivity index (χ1v) is 13.9. The van der Waals surface area contributed by atoms with E-state index in [0.29, 0.717) is 28.0 Å². The Kier molecular flexibility index (Phi) is 6.36. The summed E-state index contributed by atoms with van der Waals surface area (Å²) in [6.07, 6.45) is 2.26. The summed E-state index contributed by atoms with van der Waals surface area (Å²) in [5.41, 5.74) is 2.50. The molecule has 0 bridgehead atoms. The summed E-state index contributed by atoms with van der Waals surface area (Å²) in [4.78, 5) is 13.3. The lowest BCUT2D eigenvalue weighted by Gasteiger charge is -2.23. The molecule has 1 aliphatic rings. The molecule has 1 unspecified atom stereocenters. The van der Waals surface area contributed by atoms with Gasteiger partial charge in [-0.25, -0.2) is 4.79 Å². The third-order valence-corrected chi connectivity index (χ3v) is 8.64. The van der Waals surface area contributed by atoms with Crippen molar-refractivity contribution in [3.05, 3.63) is 99.9 Å². The van der Waals surface area contributed by atoms with Gasteiger partial charge in [0.25, 0.3) is 10.0 Å². The van der Waals surface area contributed by atoms with Crippen LogP contribution in [0.3, 0.4) is 0 Å². The van der Waals surface area contributed by atoms with E-state index in [1.54, 1.807) is 54.2 Å². The first kappa shape index (κ1) is 24.1. The molecule has 0 saturated carbocycles. The molecule has 7 nitrogen and oxygen atoms in total. The fraction of sp³-hybridized carbons (Fsp3) is 0.185. The maximum atomic E-state index is 13.8. The Morgan fingerprint density at radius 1 is 1.00 bits per heavy atom. The van der Waals surface area contributed by atoms with Crippen molar-refractivity contribution in [3.8, 4) is 5.75 Å². The van der Waals surface area contributed by atoms with Crippen molar-refractivity contribution < 1.29 is 17.6 Å². The zero-order chi connectivity index (χ0) is 25.4. The van der Waals surface area contributed by atoms with E-state index < -0.39 is 21.7 Å². The van der Waals surface area contributed by atoms with Crippen LogP contribution in [0.2, 0.25) is 0 Å². The fourth-order valence-electron chi connectivity index (χ4n) is 4.31. The van der Waals surface area contributed by atoms with Gasteiger partial charge in [-0.3, -0.25) is 0 Å². The summed E-state index contributed by atoms with van der Waals surface area (Å²) in [7, 11) is -2.47. The average molecular weight is 521 g/mol. The van der Waals surface area contributed by atoms with Crippen LogP contribution >= 0.6 is 11.8 Å². The molecular weight excluding hydrogens is 496 g/mol. The Labute approximate surface area is 213 Å². The van der Waals surface area contributed by atoms with E-state index in [1.807, 2.05) is 37.4 Å². The van der Waals surface area contributed by atoms with Crippen LogP contribution in [0.15, 0.2) is 96.9 Å². The number of aryl methyl sites for hydroxylation is 1. The SMILES string of the molecule is COc1ccc2ccc(=O)oc2c1C1=NN(S(=O)(=O)c2ccc(C)cc2)C(c2ccc(SC)cc2)C1. The number of ether oxygens (including phenoxy) is 1. The van der Waals surface area contributed by atoms with Gasteiger partial charge in [0.1, 0.15) is 5.75 Å². The minimum Gasteiger partial charge on any atom is -0.496 e. The molecule has 3 aromatic carbocycles. The lowest BCUT2D eigenvalue weighted by atomic mass is 9.97. The molecule has 184 valence electrons. The van der Waals surface area contributed by atoms with Crippen LogP contribution < -0.4 is 10.4 Å². The summed E-state index contributed by atoms with van der Waals surface area (Å²) in [5, 5.41) is 5.32. The molecule has 9 heteroatoms. The van der Waals surface area contributed by atoms with Crippen LogP contribution in [0.4, 0.5) is 0 Å². The Bertz CT molecular complexity index is 1630. The minimum absolute atomic E-state index is 0.153. The summed E-state index contributed by atoms with van der Waals surface area (Å²) in [5.74, 6) is 0.446. The van der Waals surface area contributed by atoms with Crippen molar-refractivity contribution >= 4 is 38.5 Å². The second kappa shape index (κ2) is 9.48. The van der Waals surface area contributed by atoms with E-state index in [4.69, 9.17) is 9.15 Å². The summed E-state index contributed by atoms with van der Waals surface area (Å²) >= 11 is 1.61. The van der Waals surface area contributed by atoms with Crippen LogP contribution in [-0.4, -0.2) is 31.9 Å². The van der Waals surface area contributed by atoms with Gasteiger partial charge < -0.3 is 9.15 Å². The summed E-state index contributed by atoms with van der Waals surface area (Å²) in [6.45, 7) is 1.90.